The average Bonchev–Trinajstić information content (AvgIpc) is 1.12. The van der Waals surface area contributed by atoms with E-state index in [1.807, 2.05) is 260 Å². The number of nitrogens with one attached hydrogen (secondary N) is 3. The van der Waals surface area contributed by atoms with Gasteiger partial charge in [0.2, 0.25) is 53.2 Å². The zero-order chi connectivity index (χ0) is 91.6. The Balaban J connectivity index is 0.000000262. The number of aromatic amines is 1. The van der Waals surface area contributed by atoms with Gasteiger partial charge >= 0.3 is 0 Å². The minimum Gasteiger partial charge on any atom is -0.361 e. The van der Waals surface area contributed by atoms with Crippen LogP contribution in [0.15, 0.2) is 255 Å². The van der Waals surface area contributed by atoms with Crippen molar-refractivity contribution in [3.05, 3.63) is 294 Å². The van der Waals surface area contributed by atoms with E-state index in [4.69, 9.17) is 17.2 Å². The van der Waals surface area contributed by atoms with Crippen molar-refractivity contribution in [1.82, 2.24) is 60.0 Å². The van der Waals surface area contributed by atoms with Crippen LogP contribution in [0.4, 0.5) is 0 Å². The van der Waals surface area contributed by atoms with Crippen molar-refractivity contribution >= 4 is 85.6 Å². The van der Waals surface area contributed by atoms with E-state index in [2.05, 4.69) is 26.7 Å². The number of hydrogen-bond donors (Lipinski definition) is 6. The van der Waals surface area contributed by atoms with Gasteiger partial charge in [-0.15, -0.1) is 0 Å². The summed E-state index contributed by atoms with van der Waals surface area (Å²) in [6, 6.07) is 66.9. The monoisotopic (exact) mass is 1740 g/mol. The fourth-order valence-corrected chi connectivity index (χ4v) is 15.5. The number of aromatic nitrogens is 2. The normalized spacial score (nSPS) is 14.5. The van der Waals surface area contributed by atoms with Crippen LogP contribution >= 0.6 is 0 Å². The number of carbonyl (C=O) groups excluding carboxylic acids is 9. The maximum absolute atomic E-state index is 14.5. The third-order valence-electron chi connectivity index (χ3n) is 23.2. The number of amides is 9. The molecule has 0 spiro atoms. The van der Waals surface area contributed by atoms with Gasteiger partial charge in [0.25, 0.3) is 0 Å². The number of hydrazine groups is 1. The van der Waals surface area contributed by atoms with Crippen molar-refractivity contribution in [2.75, 3.05) is 83.1 Å². The fraction of sp³-hybridized carbons (Fsp3) is 0.385. The lowest BCUT2D eigenvalue weighted by Crippen LogP contribution is -2.61. The van der Waals surface area contributed by atoms with Gasteiger partial charge in [0.05, 0.1) is 11.0 Å². The molecule has 0 bridgehead atoms. The third kappa shape index (κ3) is 29.3. The van der Waals surface area contributed by atoms with Gasteiger partial charge in [0.1, 0.15) is 30.2 Å². The van der Waals surface area contributed by atoms with Crippen molar-refractivity contribution in [2.24, 2.45) is 22.6 Å². The van der Waals surface area contributed by atoms with Gasteiger partial charge in [0.15, 0.2) is 0 Å². The Hall–Kier alpha value is -12.5. The molecule has 0 radical (unpaired) electrons. The molecule has 0 aliphatic carbocycles. The Labute approximate surface area is 758 Å². The molecule has 9 N–H and O–H groups in total. The number of nitrogens with two attached hydrogens (primary N) is 3. The van der Waals surface area contributed by atoms with Crippen LogP contribution < -0.4 is 27.8 Å². The Morgan fingerprint density at radius 3 is 1.43 bits per heavy atom. The highest BCUT2D eigenvalue weighted by atomic mass is 16.2. The van der Waals surface area contributed by atoms with E-state index in [9.17, 15) is 43.2 Å². The first kappa shape index (κ1) is 103. The third-order valence-corrected chi connectivity index (χ3v) is 23.2. The largest absolute Gasteiger partial charge is 0.361 e. The quantitative estimate of drug-likeness (QED) is 0.0161. The molecule has 11 rings (SSSR count). The number of nitrogens with zero attached hydrogens (tertiary/aromatic N) is 9. The van der Waals surface area contributed by atoms with Crippen LogP contribution in [0.5, 0.6) is 0 Å². The maximum atomic E-state index is 14.5. The predicted molar refractivity (Wildman–Crippen MR) is 516 cm³/mol. The van der Waals surface area contributed by atoms with Crippen LogP contribution in [-0.2, 0) is 88.1 Å². The highest BCUT2D eigenvalue weighted by Gasteiger charge is 2.47. The van der Waals surface area contributed by atoms with Crippen LogP contribution in [0, 0.1) is 5.41 Å². The molecule has 682 valence electrons. The predicted octanol–water partition coefficient (Wildman–Crippen LogP) is 12.8. The van der Waals surface area contributed by atoms with Crippen LogP contribution in [0.2, 0.25) is 0 Å². The van der Waals surface area contributed by atoms with Crippen molar-refractivity contribution in [3.8, 4) is 0 Å². The minimum atomic E-state index is -1.15. The number of likely N-dealkylation sites (tertiary alicyclic amines) is 1. The first-order chi connectivity index (χ1) is 59.8. The molecule has 1 aliphatic rings. The molecule has 10 aromatic rings. The first-order valence-electron chi connectivity index (χ1n) is 43.1. The number of para-hydroxylation sites is 1. The Bertz CT molecular complexity index is 5370. The van der Waals surface area contributed by atoms with E-state index < -0.39 is 58.1 Å². The number of likely N-dealkylation sites (N-methyl/N-ethyl adjacent to an activating group) is 6. The number of H-pyrrole nitrogens is 1. The smallest absolute Gasteiger partial charge is 0.246 e. The van der Waals surface area contributed by atoms with Gasteiger partial charge < -0.3 is 62.2 Å². The molecule has 8 aromatic carbocycles. The summed E-state index contributed by atoms with van der Waals surface area (Å²) in [5, 5.41) is 14.3. The van der Waals surface area contributed by atoms with Gasteiger partial charge in [-0.2, -0.15) is 0 Å². The van der Waals surface area contributed by atoms with Crippen molar-refractivity contribution in [3.63, 3.8) is 0 Å². The summed E-state index contributed by atoms with van der Waals surface area (Å²) >= 11 is 0. The average molecular weight is 1740 g/mol. The number of fused-ring (bicyclic) bond motifs is 3. The van der Waals surface area contributed by atoms with Gasteiger partial charge in [-0.1, -0.05) is 227 Å². The molecule has 1 saturated heterocycles. The number of piperidine rings is 1. The lowest BCUT2D eigenvalue weighted by Gasteiger charge is -2.45. The van der Waals surface area contributed by atoms with Gasteiger partial charge in [-0.05, 0) is 159 Å². The topological polar surface area (TPSA) is 310 Å². The molecule has 3 heterocycles. The summed E-state index contributed by atoms with van der Waals surface area (Å²) < 4.78 is 0. The van der Waals surface area contributed by atoms with E-state index in [1.54, 1.807) is 101 Å². The molecule has 1 unspecified atom stereocenters. The molecule has 2 aromatic heterocycles. The number of carbonyl (C=O) groups is 9. The zero-order valence-corrected chi connectivity index (χ0v) is 76.0. The van der Waals surface area contributed by atoms with Crippen molar-refractivity contribution < 1.29 is 43.2 Å². The second-order valence-electron chi connectivity index (χ2n) is 35.4. The first-order valence-corrected chi connectivity index (χ1v) is 43.1. The van der Waals surface area contributed by atoms with Crippen LogP contribution in [-0.4, -0.2) is 232 Å². The van der Waals surface area contributed by atoms with E-state index in [1.165, 1.54) is 31.8 Å². The zero-order valence-electron chi connectivity index (χ0n) is 76.0. The minimum absolute atomic E-state index is 0. The van der Waals surface area contributed by atoms with Crippen LogP contribution in [0.25, 0.3) is 32.4 Å². The molecule has 0 saturated carbocycles. The maximum Gasteiger partial charge on any atom is 0.246 e. The highest BCUT2D eigenvalue weighted by molar-refractivity contribution is 5.98. The molecular formula is C104H137N15O9. The van der Waals surface area contributed by atoms with E-state index in [0.29, 0.717) is 77.3 Å². The second kappa shape index (κ2) is 47.4. The SMILES string of the molecule is C.C.CN(C)N(C)C(=O)C1(Cc2ccccc2)CCCN(C(=O)[C@@H](Cc2c[nH]c3ccccc23)NC(=O)C(C)(C)N)C1.CN(CCc1ccccn1)C(=O)[C@@H](Cc1ccccc1)N(C)C(=O)[C@@H](Cc1ccc2ccccc2c1)N(C)C(=O)/C=C/CC(C)(C)N.CNC(=O)[C@@H](Cc1ccccc1)N(C)C(=O)[C@@H](Cc1ccc2ccccc2c1)N(C)C(=O)/C=C/CC(C)(C)N. The summed E-state index contributed by atoms with van der Waals surface area (Å²) in [7, 11) is 15.3. The number of benzene rings is 8. The number of rotatable bonds is 34. The Morgan fingerprint density at radius 2 is 0.953 bits per heavy atom. The van der Waals surface area contributed by atoms with E-state index in [-0.39, 0.29) is 75.1 Å². The molecule has 6 atom stereocenters. The summed E-state index contributed by atoms with van der Waals surface area (Å²) in [4.78, 5) is 140. The van der Waals surface area contributed by atoms with Gasteiger partial charge in [-0.25, -0.2) is 5.01 Å². The summed E-state index contributed by atoms with van der Waals surface area (Å²) in [6.07, 6.45) is 15.1. The van der Waals surface area contributed by atoms with E-state index in [0.717, 1.165) is 71.5 Å². The summed E-state index contributed by atoms with van der Waals surface area (Å²) in [5.41, 5.74) is 23.0. The van der Waals surface area contributed by atoms with E-state index >= 15 is 0 Å². The number of pyridine rings is 1. The molecule has 128 heavy (non-hydrogen) atoms. The molecule has 1 aliphatic heterocycles. The molecular weight excluding hydrogens is 1600 g/mol. The molecule has 24 heteroatoms. The fourth-order valence-electron chi connectivity index (χ4n) is 15.5. The Kier molecular flexibility index (Phi) is 38.0. The lowest BCUT2D eigenvalue weighted by atomic mass is 9.74. The highest BCUT2D eigenvalue weighted by Crippen LogP contribution is 2.37. The van der Waals surface area contributed by atoms with Crippen LogP contribution in [0.3, 0.4) is 0 Å². The van der Waals surface area contributed by atoms with Gasteiger partial charge in [0, 0.05) is 162 Å². The van der Waals surface area contributed by atoms with Gasteiger partial charge in [-0.3, -0.25) is 53.1 Å². The number of hydrogen-bond acceptors (Lipinski definition) is 14. The second-order valence-corrected chi connectivity index (χ2v) is 35.4. The summed E-state index contributed by atoms with van der Waals surface area (Å²) in [6.45, 7) is 12.0. The standard InChI is InChI=1S/C39H47N5O3.C32H40N4O3.C31H42N6O3.2CH4/c1-39(2,40)23-13-19-36(45)43(4)35(28-30-20-21-31-16-9-10-17-32(31)26-30)38(47)44(5)34(27-29-14-7-6-8-15-29)37(46)42(3)25-22-33-18-11-12-24-41-33;1-32(2,33)19-11-16-29(37)35(4)28(22-24-17-18-25-14-9-10-15-26(25)20-24)31(39)36(5)27(30(38)34-3)21-23-12-7-6-8-13-23;1-30(2,32)28(39)34-26(18-23-20-33-25-15-10-9-14-24(23)25)27(38)37-17-11-16-31(21-37,29(40)36(5)35(3)4)19-22-12-7-6-8-13-22;;/h6-21,24,26,34-35H,22-23,25,27-28,40H2,1-5H3;6-18,20,27-28H,19,21-22,33H2,1-5H3,(H,34,38);6-10,12-15,20,26,33H,11,16-19,21,32H2,1-5H3,(H,34,39);2*1H4/b19-13+;16-11+;;;/t34-,35-;27-,28-;26-,31?;;/m111../s1. The molecule has 24 nitrogen and oxygen atoms in total. The van der Waals surface area contributed by atoms with Crippen molar-refractivity contribution in [1.29, 1.82) is 0 Å². The van der Waals surface area contributed by atoms with Crippen LogP contribution in [0.1, 0.15) is 121 Å². The summed E-state index contributed by atoms with van der Waals surface area (Å²) in [5.74, 6) is -2.31. The Morgan fingerprint density at radius 1 is 0.508 bits per heavy atom. The lowest BCUT2D eigenvalue weighted by molar-refractivity contribution is -0.159. The molecule has 9 amide bonds. The van der Waals surface area contributed by atoms with Crippen molar-refractivity contribution in [2.45, 2.75) is 174 Å². The molecule has 1 fully saturated rings.